The first-order valence-electron chi connectivity index (χ1n) is 4.57. The lowest BCUT2D eigenvalue weighted by Crippen LogP contribution is -2.08. The molecule has 0 bridgehead atoms. The third-order valence-electron chi connectivity index (χ3n) is 2.32. The summed E-state index contributed by atoms with van der Waals surface area (Å²) in [6.07, 6.45) is 9.07. The van der Waals surface area contributed by atoms with Gasteiger partial charge in [-0.2, -0.15) is 0 Å². The fraction of sp³-hybridized carbons (Fsp3) is 1.00. The van der Waals surface area contributed by atoms with E-state index in [2.05, 4.69) is 0 Å². The molecule has 0 aromatic heterocycles. The lowest BCUT2D eigenvalue weighted by Gasteiger charge is -2.16. The van der Waals surface area contributed by atoms with Crippen molar-refractivity contribution in [1.29, 1.82) is 0 Å². The van der Waals surface area contributed by atoms with Gasteiger partial charge in [0.15, 0.2) is 0 Å². The first-order chi connectivity index (χ1) is 5.29. The Morgan fingerprint density at radius 1 is 0.636 bits per heavy atom. The van der Waals surface area contributed by atoms with Gasteiger partial charge in [0.05, 0.1) is 0 Å². The van der Waals surface area contributed by atoms with Gasteiger partial charge in [-0.3, -0.25) is 0 Å². The molecule has 0 unspecified atom stereocenters. The molecule has 0 spiro atoms. The normalized spacial score (nSPS) is 25.6. The largest absolute Gasteiger partial charge is 0.123 e. The van der Waals surface area contributed by atoms with E-state index in [4.69, 9.17) is 23.2 Å². The highest BCUT2D eigenvalue weighted by atomic mass is 35.5. The van der Waals surface area contributed by atoms with E-state index in [1.807, 2.05) is 0 Å². The third kappa shape index (κ3) is 4.22. The summed E-state index contributed by atoms with van der Waals surface area (Å²) in [7, 11) is 0. The van der Waals surface area contributed by atoms with Gasteiger partial charge >= 0.3 is 0 Å². The van der Waals surface area contributed by atoms with E-state index in [0.717, 1.165) is 0 Å². The van der Waals surface area contributed by atoms with Gasteiger partial charge in [-0.25, -0.2) is 0 Å². The van der Waals surface area contributed by atoms with Gasteiger partial charge in [0.1, 0.15) is 0 Å². The van der Waals surface area contributed by atoms with E-state index < -0.39 is 0 Å². The van der Waals surface area contributed by atoms with Gasteiger partial charge in [-0.15, -0.1) is 23.2 Å². The molecule has 0 aromatic carbocycles. The van der Waals surface area contributed by atoms with Crippen LogP contribution in [0, 0.1) is 0 Å². The molecule has 0 aromatic rings. The van der Waals surface area contributed by atoms with Gasteiger partial charge in [-0.05, 0) is 25.7 Å². The molecular formula is C9H16Cl2. The van der Waals surface area contributed by atoms with Crippen LogP contribution < -0.4 is 0 Å². The van der Waals surface area contributed by atoms with Crippen molar-refractivity contribution in [2.24, 2.45) is 0 Å². The lowest BCUT2D eigenvalue weighted by atomic mass is 10.0. The monoisotopic (exact) mass is 194 g/mol. The maximum Gasteiger partial charge on any atom is 0.0336 e. The molecule has 11 heavy (non-hydrogen) atoms. The van der Waals surface area contributed by atoms with Crippen molar-refractivity contribution >= 4 is 23.2 Å². The number of halogens is 2. The molecule has 0 atom stereocenters. The van der Waals surface area contributed by atoms with Gasteiger partial charge in [0, 0.05) is 10.8 Å². The van der Waals surface area contributed by atoms with Crippen molar-refractivity contribution in [1.82, 2.24) is 0 Å². The van der Waals surface area contributed by atoms with E-state index in [9.17, 15) is 0 Å². The highest BCUT2D eigenvalue weighted by Gasteiger charge is 2.12. The number of hydrogen-bond acceptors (Lipinski definition) is 0. The summed E-state index contributed by atoms with van der Waals surface area (Å²) in [6, 6.07) is 0. The molecule has 2 rings (SSSR count). The van der Waals surface area contributed by atoms with Crippen molar-refractivity contribution in [3.05, 3.63) is 0 Å². The Kier molecular flexibility index (Phi) is 4.63. The van der Waals surface area contributed by atoms with Gasteiger partial charge in [-0.1, -0.05) is 19.3 Å². The van der Waals surface area contributed by atoms with Crippen LogP contribution in [0.15, 0.2) is 0 Å². The van der Waals surface area contributed by atoms with Crippen LogP contribution in [0.3, 0.4) is 0 Å². The molecule has 0 radical (unpaired) electrons. The highest BCUT2D eigenvalue weighted by Crippen LogP contribution is 2.23. The molecule has 0 N–H and O–H groups in total. The maximum atomic E-state index is 5.71. The molecule has 0 amide bonds. The minimum Gasteiger partial charge on any atom is -0.123 e. The Balaban J connectivity index is 0.000000112. The fourth-order valence-electron chi connectivity index (χ4n) is 1.23. The van der Waals surface area contributed by atoms with Crippen LogP contribution in [0.25, 0.3) is 0 Å². The van der Waals surface area contributed by atoms with E-state index in [1.54, 1.807) is 0 Å². The van der Waals surface area contributed by atoms with E-state index >= 15 is 0 Å². The first-order valence-corrected chi connectivity index (χ1v) is 5.44. The molecule has 66 valence electrons. The predicted molar refractivity (Wildman–Crippen MR) is 51.6 cm³/mol. The molecule has 2 saturated carbocycles. The van der Waals surface area contributed by atoms with Gasteiger partial charge in [0.25, 0.3) is 0 Å². The Morgan fingerprint density at radius 2 is 1.00 bits per heavy atom. The quantitative estimate of drug-likeness (QED) is 0.513. The summed E-state index contributed by atoms with van der Waals surface area (Å²) in [4.78, 5) is 0. The zero-order valence-corrected chi connectivity index (χ0v) is 8.37. The average molecular weight is 195 g/mol. The summed E-state index contributed by atoms with van der Waals surface area (Å²) in [5, 5.41) is 1.06. The standard InChI is InChI=1S/C5H9Cl.C4H7Cl/c6-5-3-1-2-4-5;5-4-2-1-3-4/h5H,1-4H2;4H,1-3H2. The molecule has 0 nitrogen and oxygen atoms in total. The summed E-state index contributed by atoms with van der Waals surface area (Å²) in [5.74, 6) is 0. The van der Waals surface area contributed by atoms with Gasteiger partial charge < -0.3 is 0 Å². The third-order valence-corrected chi connectivity index (χ3v) is 3.19. The predicted octanol–water partition coefficient (Wildman–Crippen LogP) is 3.95. The van der Waals surface area contributed by atoms with E-state index in [-0.39, 0.29) is 0 Å². The van der Waals surface area contributed by atoms with Crippen LogP contribution >= 0.6 is 23.2 Å². The Bertz CT molecular complexity index is 93.7. The number of hydrogen-bond donors (Lipinski definition) is 0. The second-order valence-electron chi connectivity index (χ2n) is 3.41. The molecule has 2 fully saturated rings. The zero-order chi connectivity index (χ0) is 8.10. The van der Waals surface area contributed by atoms with Crippen LogP contribution in [0.5, 0.6) is 0 Å². The fourth-order valence-corrected chi connectivity index (χ4v) is 1.85. The van der Waals surface area contributed by atoms with Crippen molar-refractivity contribution in [3.8, 4) is 0 Å². The first kappa shape index (κ1) is 9.67. The van der Waals surface area contributed by atoms with E-state index in [0.29, 0.717) is 10.8 Å². The van der Waals surface area contributed by atoms with Crippen LogP contribution in [-0.4, -0.2) is 10.8 Å². The van der Waals surface area contributed by atoms with Crippen molar-refractivity contribution in [3.63, 3.8) is 0 Å². The molecular weight excluding hydrogens is 179 g/mol. The van der Waals surface area contributed by atoms with E-state index in [1.165, 1.54) is 44.9 Å². The maximum absolute atomic E-state index is 5.71. The Labute approximate surface area is 79.3 Å². The minimum atomic E-state index is 0.519. The van der Waals surface area contributed by atoms with Crippen LogP contribution in [0.4, 0.5) is 0 Å². The smallest absolute Gasteiger partial charge is 0.0336 e. The second kappa shape index (κ2) is 5.27. The molecule has 0 aliphatic heterocycles. The topological polar surface area (TPSA) is 0 Å². The minimum absolute atomic E-state index is 0.519. The Morgan fingerprint density at radius 3 is 1.09 bits per heavy atom. The van der Waals surface area contributed by atoms with Crippen molar-refractivity contribution in [2.75, 3.05) is 0 Å². The summed E-state index contributed by atoms with van der Waals surface area (Å²) in [6.45, 7) is 0. The highest BCUT2D eigenvalue weighted by molar-refractivity contribution is 6.21. The van der Waals surface area contributed by atoms with Gasteiger partial charge in [0.2, 0.25) is 0 Å². The molecule has 2 aliphatic rings. The average Bonchev–Trinajstić information content (AvgIpc) is 2.36. The summed E-state index contributed by atoms with van der Waals surface area (Å²) in [5.41, 5.74) is 0. The second-order valence-corrected chi connectivity index (χ2v) is 4.64. The SMILES string of the molecule is ClC1CCC1.ClC1CCCC1. The van der Waals surface area contributed by atoms with Crippen LogP contribution in [0.1, 0.15) is 44.9 Å². The van der Waals surface area contributed by atoms with Crippen molar-refractivity contribution < 1.29 is 0 Å². The summed E-state index contributed by atoms with van der Waals surface area (Å²) < 4.78 is 0. The zero-order valence-electron chi connectivity index (χ0n) is 6.86. The van der Waals surface area contributed by atoms with Crippen LogP contribution in [0.2, 0.25) is 0 Å². The Hall–Kier alpha value is 0.580. The molecule has 0 heterocycles. The lowest BCUT2D eigenvalue weighted by molar-refractivity contribution is 0.514. The van der Waals surface area contributed by atoms with Crippen molar-refractivity contribution in [2.45, 2.75) is 55.7 Å². The number of alkyl halides is 2. The van der Waals surface area contributed by atoms with Crippen LogP contribution in [-0.2, 0) is 0 Å². The number of rotatable bonds is 0. The molecule has 0 saturated heterocycles. The summed E-state index contributed by atoms with van der Waals surface area (Å²) >= 11 is 11.3. The molecule has 2 heteroatoms. The molecule has 2 aliphatic carbocycles.